The summed E-state index contributed by atoms with van der Waals surface area (Å²) in [6.07, 6.45) is 1.71. The van der Waals surface area contributed by atoms with Crippen molar-refractivity contribution in [3.63, 3.8) is 0 Å². The number of carbonyl (C=O) groups excluding carboxylic acids is 1. The van der Waals surface area contributed by atoms with Crippen LogP contribution in [0.5, 0.6) is 5.75 Å². The van der Waals surface area contributed by atoms with Crippen LogP contribution in [0.2, 0.25) is 0 Å². The first-order valence-corrected chi connectivity index (χ1v) is 7.94. The molecule has 0 saturated heterocycles. The number of ether oxygens (including phenoxy) is 1. The van der Waals surface area contributed by atoms with Gasteiger partial charge in [0.2, 0.25) is 0 Å². The molecule has 118 valence electrons. The average molecular weight is 329 g/mol. The molecule has 3 rings (SSSR count). The van der Waals surface area contributed by atoms with E-state index in [9.17, 15) is 4.79 Å². The summed E-state index contributed by atoms with van der Waals surface area (Å²) in [5.41, 5.74) is 0.222. The standard InChI is InChI=1S/C16H15N3O3S/c1-11(16-17-7-8-23-16)18-15(20)14-9-13(22-19-14)10-21-12-5-3-2-4-6-12/h2-9,11H,10H2,1H3,(H,18,20)/t11-/m1/s1. The van der Waals surface area contributed by atoms with Crippen LogP contribution in [0, 0.1) is 0 Å². The van der Waals surface area contributed by atoms with Crippen molar-refractivity contribution in [1.29, 1.82) is 0 Å². The zero-order valence-corrected chi connectivity index (χ0v) is 13.2. The molecule has 0 fully saturated rings. The minimum absolute atomic E-state index is 0.178. The van der Waals surface area contributed by atoms with Crippen LogP contribution < -0.4 is 10.1 Å². The number of nitrogens with zero attached hydrogens (tertiary/aromatic N) is 2. The van der Waals surface area contributed by atoms with Crippen molar-refractivity contribution in [2.24, 2.45) is 0 Å². The van der Waals surface area contributed by atoms with Gasteiger partial charge >= 0.3 is 0 Å². The molecule has 23 heavy (non-hydrogen) atoms. The molecule has 1 amide bonds. The van der Waals surface area contributed by atoms with E-state index in [4.69, 9.17) is 9.26 Å². The van der Waals surface area contributed by atoms with Gasteiger partial charge in [0.1, 0.15) is 17.4 Å². The Kier molecular flexibility index (Phi) is 4.68. The maximum Gasteiger partial charge on any atom is 0.274 e. The van der Waals surface area contributed by atoms with Crippen LogP contribution in [0.3, 0.4) is 0 Å². The maximum atomic E-state index is 12.1. The lowest BCUT2D eigenvalue weighted by Gasteiger charge is -2.08. The zero-order chi connectivity index (χ0) is 16.1. The SMILES string of the molecule is C[C@@H](NC(=O)c1cc(COc2ccccc2)on1)c1nccs1. The number of carbonyl (C=O) groups is 1. The van der Waals surface area contributed by atoms with E-state index in [-0.39, 0.29) is 24.2 Å². The summed E-state index contributed by atoms with van der Waals surface area (Å²) < 4.78 is 10.7. The van der Waals surface area contributed by atoms with Gasteiger partial charge in [0.25, 0.3) is 5.91 Å². The number of hydrogen-bond donors (Lipinski definition) is 1. The molecule has 0 radical (unpaired) electrons. The van der Waals surface area contributed by atoms with Gasteiger partial charge < -0.3 is 14.6 Å². The Morgan fingerprint density at radius 1 is 1.39 bits per heavy atom. The molecule has 0 unspecified atom stereocenters. The quantitative estimate of drug-likeness (QED) is 0.751. The lowest BCUT2D eigenvalue weighted by molar-refractivity contribution is 0.0930. The molecule has 7 heteroatoms. The van der Waals surface area contributed by atoms with Crippen molar-refractivity contribution in [3.8, 4) is 5.75 Å². The van der Waals surface area contributed by atoms with E-state index in [1.165, 1.54) is 11.3 Å². The molecular weight excluding hydrogens is 314 g/mol. The van der Waals surface area contributed by atoms with Crippen LogP contribution in [0.4, 0.5) is 0 Å². The second-order valence-electron chi connectivity index (χ2n) is 4.85. The van der Waals surface area contributed by atoms with E-state index in [2.05, 4.69) is 15.5 Å². The fraction of sp³-hybridized carbons (Fsp3) is 0.188. The highest BCUT2D eigenvalue weighted by atomic mass is 32.1. The molecule has 0 spiro atoms. The number of thiazole rings is 1. The van der Waals surface area contributed by atoms with Crippen molar-refractivity contribution >= 4 is 17.2 Å². The number of nitrogens with one attached hydrogen (secondary N) is 1. The molecule has 0 aliphatic carbocycles. The largest absolute Gasteiger partial charge is 0.486 e. The lowest BCUT2D eigenvalue weighted by Crippen LogP contribution is -2.26. The Morgan fingerprint density at radius 3 is 2.96 bits per heavy atom. The van der Waals surface area contributed by atoms with Gasteiger partial charge in [-0.15, -0.1) is 11.3 Å². The van der Waals surface area contributed by atoms with E-state index in [1.54, 1.807) is 12.3 Å². The minimum Gasteiger partial charge on any atom is -0.486 e. The monoisotopic (exact) mass is 329 g/mol. The summed E-state index contributed by atoms with van der Waals surface area (Å²) in [7, 11) is 0. The zero-order valence-electron chi connectivity index (χ0n) is 12.4. The molecule has 0 aliphatic heterocycles. The number of para-hydroxylation sites is 1. The second kappa shape index (κ2) is 7.06. The van der Waals surface area contributed by atoms with Crippen molar-refractivity contribution in [1.82, 2.24) is 15.5 Å². The summed E-state index contributed by atoms with van der Waals surface area (Å²) in [4.78, 5) is 16.3. The number of hydrogen-bond acceptors (Lipinski definition) is 6. The third-order valence-corrected chi connectivity index (χ3v) is 4.04. The van der Waals surface area contributed by atoms with Crippen LogP contribution in [-0.4, -0.2) is 16.0 Å². The Labute approximate surface area is 137 Å². The summed E-state index contributed by atoms with van der Waals surface area (Å²) in [5.74, 6) is 0.913. The van der Waals surface area contributed by atoms with E-state index in [0.29, 0.717) is 5.76 Å². The van der Waals surface area contributed by atoms with Crippen LogP contribution in [0.25, 0.3) is 0 Å². The minimum atomic E-state index is -0.303. The summed E-state index contributed by atoms with van der Waals surface area (Å²) in [6.45, 7) is 2.09. The first kappa shape index (κ1) is 15.2. The van der Waals surface area contributed by atoms with E-state index < -0.39 is 0 Å². The molecule has 3 aromatic rings. The van der Waals surface area contributed by atoms with E-state index >= 15 is 0 Å². The van der Waals surface area contributed by atoms with Crippen LogP contribution >= 0.6 is 11.3 Å². The molecule has 0 saturated carbocycles. The molecule has 6 nitrogen and oxygen atoms in total. The number of amides is 1. The van der Waals surface area contributed by atoms with Gasteiger partial charge in [-0.1, -0.05) is 23.4 Å². The highest BCUT2D eigenvalue weighted by Crippen LogP contribution is 2.16. The Bertz CT molecular complexity index is 756. The third kappa shape index (κ3) is 3.95. The first-order valence-electron chi connectivity index (χ1n) is 7.06. The number of benzene rings is 1. The van der Waals surface area contributed by atoms with E-state index in [0.717, 1.165) is 10.8 Å². The van der Waals surface area contributed by atoms with Gasteiger partial charge in [-0.3, -0.25) is 4.79 Å². The molecule has 2 aromatic heterocycles. The van der Waals surface area contributed by atoms with Crippen molar-refractivity contribution in [2.45, 2.75) is 19.6 Å². The fourth-order valence-corrected chi connectivity index (χ4v) is 2.59. The Hall–Kier alpha value is -2.67. The summed E-state index contributed by atoms with van der Waals surface area (Å²) in [6, 6.07) is 10.8. The Morgan fingerprint density at radius 2 is 2.22 bits per heavy atom. The lowest BCUT2D eigenvalue weighted by atomic mass is 10.3. The third-order valence-electron chi connectivity index (χ3n) is 3.09. The topological polar surface area (TPSA) is 77.2 Å². The molecule has 1 N–H and O–H groups in total. The molecule has 0 aliphatic rings. The first-order chi connectivity index (χ1) is 11.2. The molecule has 1 aromatic carbocycles. The molecule has 2 heterocycles. The van der Waals surface area contributed by atoms with Gasteiger partial charge in [0.05, 0.1) is 6.04 Å². The number of aromatic nitrogens is 2. The summed E-state index contributed by atoms with van der Waals surface area (Å²) in [5, 5.41) is 9.32. The van der Waals surface area contributed by atoms with Gasteiger partial charge in [0.15, 0.2) is 11.5 Å². The second-order valence-corrected chi connectivity index (χ2v) is 5.77. The van der Waals surface area contributed by atoms with Crippen LogP contribution in [0.15, 0.2) is 52.5 Å². The number of rotatable bonds is 6. The van der Waals surface area contributed by atoms with Crippen molar-refractivity contribution < 1.29 is 14.1 Å². The van der Waals surface area contributed by atoms with Crippen molar-refractivity contribution in [3.05, 3.63) is 64.4 Å². The molecular formula is C16H15N3O3S. The van der Waals surface area contributed by atoms with Gasteiger partial charge in [0, 0.05) is 17.6 Å². The fourth-order valence-electron chi connectivity index (χ4n) is 1.94. The summed E-state index contributed by atoms with van der Waals surface area (Å²) >= 11 is 1.49. The average Bonchev–Trinajstić information content (AvgIpc) is 3.25. The van der Waals surface area contributed by atoms with Gasteiger partial charge in [-0.05, 0) is 19.1 Å². The van der Waals surface area contributed by atoms with Crippen LogP contribution in [0.1, 0.15) is 34.2 Å². The highest BCUT2D eigenvalue weighted by molar-refractivity contribution is 7.09. The Balaban J connectivity index is 1.57. The van der Waals surface area contributed by atoms with Gasteiger partial charge in [-0.2, -0.15) is 0 Å². The predicted molar refractivity (Wildman–Crippen MR) is 85.3 cm³/mol. The predicted octanol–water partition coefficient (Wildman–Crippen LogP) is 3.20. The van der Waals surface area contributed by atoms with Crippen molar-refractivity contribution in [2.75, 3.05) is 0 Å². The van der Waals surface area contributed by atoms with Crippen LogP contribution in [-0.2, 0) is 6.61 Å². The van der Waals surface area contributed by atoms with Gasteiger partial charge in [-0.25, -0.2) is 4.98 Å². The van der Waals surface area contributed by atoms with E-state index in [1.807, 2.05) is 42.6 Å². The highest BCUT2D eigenvalue weighted by Gasteiger charge is 2.17. The maximum absolute atomic E-state index is 12.1. The molecule has 0 bridgehead atoms. The normalized spacial score (nSPS) is 11.9. The molecule has 1 atom stereocenters. The smallest absolute Gasteiger partial charge is 0.274 e.